The molecule has 110 valence electrons. The van der Waals surface area contributed by atoms with Crippen molar-refractivity contribution in [1.82, 2.24) is 4.90 Å². The van der Waals surface area contributed by atoms with Gasteiger partial charge in [-0.25, -0.2) is 0 Å². The van der Waals surface area contributed by atoms with E-state index in [1.165, 1.54) is 0 Å². The van der Waals surface area contributed by atoms with E-state index in [1.807, 2.05) is 24.5 Å². The van der Waals surface area contributed by atoms with Crippen molar-refractivity contribution in [3.63, 3.8) is 0 Å². The van der Waals surface area contributed by atoms with Crippen LogP contribution in [0, 0.1) is 17.2 Å². The van der Waals surface area contributed by atoms with Crippen LogP contribution in [0.2, 0.25) is 0 Å². The topological polar surface area (TPSA) is 39.1 Å². The van der Waals surface area contributed by atoms with Gasteiger partial charge in [-0.15, -0.1) is 11.8 Å². The molecule has 1 rings (SSSR count). The number of rotatable bonds is 7. The lowest BCUT2D eigenvalue weighted by Gasteiger charge is -2.25. The zero-order valence-electron chi connectivity index (χ0n) is 13.1. The van der Waals surface area contributed by atoms with Crippen LogP contribution in [0.5, 0.6) is 0 Å². The maximum atomic E-state index is 9.39. The van der Waals surface area contributed by atoms with Crippen LogP contribution in [0.4, 0.5) is 5.69 Å². The lowest BCUT2D eigenvalue weighted by Crippen LogP contribution is -2.33. The van der Waals surface area contributed by atoms with Gasteiger partial charge in [0.05, 0.1) is 11.3 Å². The summed E-state index contributed by atoms with van der Waals surface area (Å²) in [6.45, 7) is 5.42. The Bertz CT molecular complexity index is 453. The fraction of sp³-hybridized carbons (Fsp3) is 0.562. The van der Waals surface area contributed by atoms with E-state index < -0.39 is 0 Å². The fourth-order valence-corrected chi connectivity index (χ4v) is 2.92. The van der Waals surface area contributed by atoms with Crippen LogP contribution in [0.3, 0.4) is 0 Å². The highest BCUT2D eigenvalue weighted by atomic mass is 32.2. The molecule has 1 aromatic carbocycles. The number of nitriles is 1. The standard InChI is InChI=1S/C16H25N3S/c1-12(2)9-13(11-19(3)4)18-15-7-6-8-16(20-5)14(15)10-17/h6-8,12-13,18H,9,11H2,1-5H3. The number of thioether (sulfide) groups is 1. The van der Waals surface area contributed by atoms with E-state index in [-0.39, 0.29) is 0 Å². The molecule has 0 amide bonds. The van der Waals surface area contributed by atoms with Gasteiger partial charge < -0.3 is 10.2 Å². The summed E-state index contributed by atoms with van der Waals surface area (Å²) < 4.78 is 0. The maximum Gasteiger partial charge on any atom is 0.102 e. The largest absolute Gasteiger partial charge is 0.380 e. The van der Waals surface area contributed by atoms with Gasteiger partial charge in [0.15, 0.2) is 0 Å². The smallest absolute Gasteiger partial charge is 0.102 e. The number of benzene rings is 1. The molecule has 0 spiro atoms. The van der Waals surface area contributed by atoms with Crippen LogP contribution >= 0.6 is 11.8 Å². The van der Waals surface area contributed by atoms with E-state index in [0.717, 1.165) is 29.1 Å². The van der Waals surface area contributed by atoms with Gasteiger partial charge in [-0.3, -0.25) is 0 Å². The summed E-state index contributed by atoms with van der Waals surface area (Å²) in [5.74, 6) is 0.627. The zero-order chi connectivity index (χ0) is 15.1. The van der Waals surface area contributed by atoms with Crippen molar-refractivity contribution < 1.29 is 0 Å². The predicted octanol–water partition coefficient (Wildman–Crippen LogP) is 3.67. The van der Waals surface area contributed by atoms with Gasteiger partial charge in [-0.05, 0) is 44.8 Å². The minimum atomic E-state index is 0.356. The Morgan fingerprint density at radius 1 is 1.35 bits per heavy atom. The van der Waals surface area contributed by atoms with Crippen LogP contribution in [-0.4, -0.2) is 37.8 Å². The molecular weight excluding hydrogens is 266 g/mol. The summed E-state index contributed by atoms with van der Waals surface area (Å²) in [7, 11) is 4.16. The summed E-state index contributed by atoms with van der Waals surface area (Å²) in [4.78, 5) is 3.22. The first kappa shape index (κ1) is 16.9. The van der Waals surface area contributed by atoms with Gasteiger partial charge in [0.2, 0.25) is 0 Å². The molecule has 0 saturated heterocycles. The number of likely N-dealkylation sites (N-methyl/N-ethyl adjacent to an activating group) is 1. The summed E-state index contributed by atoms with van der Waals surface area (Å²) >= 11 is 1.62. The molecule has 1 N–H and O–H groups in total. The normalized spacial score (nSPS) is 12.5. The highest BCUT2D eigenvalue weighted by Gasteiger charge is 2.15. The van der Waals surface area contributed by atoms with Gasteiger partial charge in [-0.2, -0.15) is 5.26 Å². The molecule has 0 aliphatic heterocycles. The molecule has 0 radical (unpaired) electrons. The molecular formula is C16H25N3S. The van der Waals surface area contributed by atoms with Crippen molar-refractivity contribution in [2.45, 2.75) is 31.2 Å². The third-order valence-corrected chi connectivity index (χ3v) is 3.84. The quantitative estimate of drug-likeness (QED) is 0.778. The third kappa shape index (κ3) is 5.07. The molecule has 1 aromatic rings. The number of hydrogen-bond acceptors (Lipinski definition) is 4. The van der Waals surface area contributed by atoms with Crippen molar-refractivity contribution in [2.75, 3.05) is 32.2 Å². The van der Waals surface area contributed by atoms with Gasteiger partial charge in [0.1, 0.15) is 6.07 Å². The van der Waals surface area contributed by atoms with Gasteiger partial charge in [0, 0.05) is 17.5 Å². The molecule has 0 aliphatic carbocycles. The van der Waals surface area contributed by atoms with Gasteiger partial charge in [-0.1, -0.05) is 19.9 Å². The van der Waals surface area contributed by atoms with E-state index in [1.54, 1.807) is 11.8 Å². The number of anilines is 1. The first-order valence-corrected chi connectivity index (χ1v) is 8.18. The third-order valence-electron chi connectivity index (χ3n) is 3.06. The lowest BCUT2D eigenvalue weighted by atomic mass is 10.0. The zero-order valence-corrected chi connectivity index (χ0v) is 13.9. The molecule has 4 heteroatoms. The second-order valence-electron chi connectivity index (χ2n) is 5.73. The second-order valence-corrected chi connectivity index (χ2v) is 6.58. The number of nitrogens with one attached hydrogen (secondary N) is 1. The molecule has 0 aromatic heterocycles. The van der Waals surface area contributed by atoms with Crippen LogP contribution in [0.15, 0.2) is 23.1 Å². The second kappa shape index (κ2) is 8.18. The SMILES string of the molecule is CSc1cccc(NC(CC(C)C)CN(C)C)c1C#N. The van der Waals surface area contributed by atoms with Crippen molar-refractivity contribution in [3.8, 4) is 6.07 Å². The Labute approximate surface area is 127 Å². The Hall–Kier alpha value is -1.18. The minimum Gasteiger partial charge on any atom is -0.380 e. The van der Waals surface area contributed by atoms with Gasteiger partial charge in [0.25, 0.3) is 0 Å². The van der Waals surface area contributed by atoms with Crippen molar-refractivity contribution in [3.05, 3.63) is 23.8 Å². The van der Waals surface area contributed by atoms with E-state index in [0.29, 0.717) is 12.0 Å². The van der Waals surface area contributed by atoms with Crippen molar-refractivity contribution in [1.29, 1.82) is 5.26 Å². The Morgan fingerprint density at radius 2 is 2.05 bits per heavy atom. The Kier molecular flexibility index (Phi) is 6.90. The summed E-state index contributed by atoms with van der Waals surface area (Å²) in [5, 5.41) is 13.0. The van der Waals surface area contributed by atoms with E-state index in [2.05, 4.69) is 44.2 Å². The molecule has 3 nitrogen and oxygen atoms in total. The molecule has 0 fully saturated rings. The summed E-state index contributed by atoms with van der Waals surface area (Å²) in [5.41, 5.74) is 1.71. The van der Waals surface area contributed by atoms with E-state index in [4.69, 9.17) is 0 Å². The molecule has 0 heterocycles. The Morgan fingerprint density at radius 3 is 2.55 bits per heavy atom. The predicted molar refractivity (Wildman–Crippen MR) is 88.4 cm³/mol. The molecule has 20 heavy (non-hydrogen) atoms. The Balaban J connectivity index is 2.95. The number of nitrogens with zero attached hydrogens (tertiary/aromatic N) is 2. The molecule has 0 bridgehead atoms. The maximum absolute atomic E-state index is 9.39. The summed E-state index contributed by atoms with van der Waals surface area (Å²) in [6.07, 6.45) is 3.10. The van der Waals surface area contributed by atoms with E-state index in [9.17, 15) is 5.26 Å². The first-order chi connectivity index (χ1) is 9.47. The molecule has 0 aliphatic rings. The highest BCUT2D eigenvalue weighted by molar-refractivity contribution is 7.98. The molecule has 1 atom stereocenters. The van der Waals surface area contributed by atoms with Crippen LogP contribution in [0.1, 0.15) is 25.8 Å². The average Bonchev–Trinajstić information content (AvgIpc) is 2.36. The van der Waals surface area contributed by atoms with Crippen LogP contribution in [-0.2, 0) is 0 Å². The van der Waals surface area contributed by atoms with Crippen LogP contribution < -0.4 is 5.32 Å². The molecule has 0 saturated carbocycles. The summed E-state index contributed by atoms with van der Waals surface area (Å²) in [6, 6.07) is 8.70. The minimum absolute atomic E-state index is 0.356. The highest BCUT2D eigenvalue weighted by Crippen LogP contribution is 2.27. The van der Waals surface area contributed by atoms with Crippen LogP contribution in [0.25, 0.3) is 0 Å². The van der Waals surface area contributed by atoms with Crippen molar-refractivity contribution in [2.24, 2.45) is 5.92 Å². The first-order valence-electron chi connectivity index (χ1n) is 6.96. The monoisotopic (exact) mass is 291 g/mol. The lowest BCUT2D eigenvalue weighted by molar-refractivity contribution is 0.356. The number of hydrogen-bond donors (Lipinski definition) is 1. The van der Waals surface area contributed by atoms with Crippen molar-refractivity contribution >= 4 is 17.4 Å². The average molecular weight is 291 g/mol. The van der Waals surface area contributed by atoms with E-state index >= 15 is 0 Å². The molecule has 1 unspecified atom stereocenters. The fourth-order valence-electron chi connectivity index (χ4n) is 2.35. The van der Waals surface area contributed by atoms with Gasteiger partial charge >= 0.3 is 0 Å².